The molecule has 0 aliphatic rings. The van der Waals surface area contributed by atoms with Crippen molar-refractivity contribution in [3.63, 3.8) is 0 Å². The van der Waals surface area contributed by atoms with Crippen molar-refractivity contribution in [2.45, 2.75) is 13.0 Å². The molecule has 0 fully saturated rings. The van der Waals surface area contributed by atoms with Gasteiger partial charge in [0.05, 0.1) is 6.61 Å². The number of methoxy groups -OCH3 is 1. The van der Waals surface area contributed by atoms with Gasteiger partial charge in [-0.25, -0.2) is 0 Å². The van der Waals surface area contributed by atoms with Crippen LogP contribution in [-0.4, -0.2) is 40.8 Å². The van der Waals surface area contributed by atoms with Crippen LogP contribution in [0.3, 0.4) is 0 Å². The Morgan fingerprint density at radius 2 is 2.50 bits per heavy atom. The number of carbonyl (C=O) groups is 1. The molecule has 0 radical (unpaired) electrons. The fraction of sp³-hybridized carbons (Fsp3) is 0.571. The predicted molar refractivity (Wildman–Crippen MR) is 49.6 cm³/mol. The largest absolute Gasteiger partial charge is 0.383 e. The molecule has 1 unspecified atom stereocenters. The van der Waals surface area contributed by atoms with Crippen LogP contribution in [-0.2, 0) is 4.74 Å². The smallest absolute Gasteiger partial charge is 0.288 e. The Labute approximate surface area is 81.0 Å². The highest BCUT2D eigenvalue weighted by molar-refractivity contribution is 5.90. The normalized spacial score (nSPS) is 12.4. The molecular formula is C7H13N5O2. The van der Waals surface area contributed by atoms with E-state index in [1.807, 2.05) is 6.92 Å². The standard InChI is InChI=1S/C7H13N5O2/c1-4(3-14-2)9-6(13)5-10-7(8)12-11-5/h4H,3H2,1-2H3,(H,9,13)(H3,8,10,11,12). The van der Waals surface area contributed by atoms with Gasteiger partial charge >= 0.3 is 0 Å². The Hall–Kier alpha value is -1.63. The molecule has 14 heavy (non-hydrogen) atoms. The first-order valence-electron chi connectivity index (χ1n) is 4.11. The minimum atomic E-state index is -0.348. The third kappa shape index (κ3) is 2.70. The van der Waals surface area contributed by atoms with E-state index in [-0.39, 0.29) is 23.7 Å². The van der Waals surface area contributed by atoms with Crippen LogP contribution in [0.4, 0.5) is 5.95 Å². The van der Waals surface area contributed by atoms with Gasteiger partial charge < -0.3 is 15.8 Å². The van der Waals surface area contributed by atoms with Gasteiger partial charge in [0.2, 0.25) is 11.8 Å². The molecule has 4 N–H and O–H groups in total. The number of nitrogen functional groups attached to an aromatic ring is 1. The number of ether oxygens (including phenoxy) is 1. The van der Waals surface area contributed by atoms with Crippen LogP contribution in [0.1, 0.15) is 17.5 Å². The van der Waals surface area contributed by atoms with Crippen molar-refractivity contribution in [3.8, 4) is 0 Å². The lowest BCUT2D eigenvalue weighted by Gasteiger charge is -2.10. The molecule has 1 aromatic heterocycles. The molecule has 1 amide bonds. The summed E-state index contributed by atoms with van der Waals surface area (Å²) in [5.41, 5.74) is 5.25. The van der Waals surface area contributed by atoms with E-state index in [4.69, 9.17) is 10.5 Å². The zero-order chi connectivity index (χ0) is 10.6. The number of anilines is 1. The molecule has 0 spiro atoms. The zero-order valence-corrected chi connectivity index (χ0v) is 8.07. The lowest BCUT2D eigenvalue weighted by Crippen LogP contribution is -2.36. The van der Waals surface area contributed by atoms with Crippen molar-refractivity contribution in [2.24, 2.45) is 0 Å². The molecule has 7 nitrogen and oxygen atoms in total. The van der Waals surface area contributed by atoms with E-state index in [1.165, 1.54) is 0 Å². The van der Waals surface area contributed by atoms with Crippen molar-refractivity contribution in [1.82, 2.24) is 20.5 Å². The third-order valence-electron chi connectivity index (χ3n) is 1.51. The first kappa shape index (κ1) is 10.5. The molecule has 0 bridgehead atoms. The number of amides is 1. The van der Waals surface area contributed by atoms with E-state index < -0.39 is 0 Å². The van der Waals surface area contributed by atoms with Gasteiger partial charge in [0.25, 0.3) is 5.91 Å². The average Bonchev–Trinajstić information content (AvgIpc) is 2.52. The Morgan fingerprint density at radius 1 is 1.79 bits per heavy atom. The van der Waals surface area contributed by atoms with Gasteiger partial charge in [0.15, 0.2) is 0 Å². The number of aromatic amines is 1. The summed E-state index contributed by atoms with van der Waals surface area (Å²) in [6.07, 6.45) is 0. The van der Waals surface area contributed by atoms with Gasteiger partial charge in [-0.15, -0.1) is 5.10 Å². The molecule has 1 heterocycles. The van der Waals surface area contributed by atoms with Crippen LogP contribution in [0.5, 0.6) is 0 Å². The molecule has 0 aliphatic carbocycles. The number of aromatic nitrogens is 3. The van der Waals surface area contributed by atoms with Gasteiger partial charge in [0.1, 0.15) is 0 Å². The monoisotopic (exact) mass is 199 g/mol. The van der Waals surface area contributed by atoms with E-state index in [1.54, 1.807) is 7.11 Å². The number of nitrogens with zero attached hydrogens (tertiary/aromatic N) is 2. The van der Waals surface area contributed by atoms with Crippen molar-refractivity contribution in [2.75, 3.05) is 19.5 Å². The van der Waals surface area contributed by atoms with Gasteiger partial charge in [0, 0.05) is 13.2 Å². The van der Waals surface area contributed by atoms with Gasteiger partial charge in [-0.1, -0.05) is 0 Å². The summed E-state index contributed by atoms with van der Waals surface area (Å²) in [4.78, 5) is 15.1. The number of hydrogen-bond acceptors (Lipinski definition) is 5. The van der Waals surface area contributed by atoms with E-state index in [0.717, 1.165) is 0 Å². The third-order valence-corrected chi connectivity index (χ3v) is 1.51. The van der Waals surface area contributed by atoms with E-state index in [9.17, 15) is 4.79 Å². The summed E-state index contributed by atoms with van der Waals surface area (Å²) >= 11 is 0. The number of hydrogen-bond donors (Lipinski definition) is 3. The molecule has 7 heteroatoms. The summed E-state index contributed by atoms with van der Waals surface area (Å²) in [7, 11) is 1.56. The number of nitrogens with one attached hydrogen (secondary N) is 2. The maximum absolute atomic E-state index is 11.4. The topological polar surface area (TPSA) is 106 Å². The zero-order valence-electron chi connectivity index (χ0n) is 8.07. The quantitative estimate of drug-likeness (QED) is 0.585. The second kappa shape index (κ2) is 4.56. The Kier molecular flexibility index (Phi) is 3.41. The second-order valence-electron chi connectivity index (χ2n) is 2.87. The highest BCUT2D eigenvalue weighted by Crippen LogP contribution is 1.93. The molecule has 0 aliphatic heterocycles. The first-order chi connectivity index (χ1) is 6.63. The number of carbonyl (C=O) groups excluding carboxylic acids is 1. The van der Waals surface area contributed by atoms with Crippen LogP contribution in [0.25, 0.3) is 0 Å². The maximum atomic E-state index is 11.4. The highest BCUT2D eigenvalue weighted by Gasteiger charge is 2.12. The summed E-state index contributed by atoms with van der Waals surface area (Å²) in [6.45, 7) is 2.26. The molecule has 1 aromatic rings. The minimum absolute atomic E-state index is 0.0505. The van der Waals surface area contributed by atoms with Crippen molar-refractivity contribution < 1.29 is 9.53 Å². The summed E-state index contributed by atoms with van der Waals surface area (Å²) in [5, 5.41) is 8.61. The van der Waals surface area contributed by atoms with Crippen molar-refractivity contribution >= 4 is 11.9 Å². The van der Waals surface area contributed by atoms with E-state index in [2.05, 4.69) is 20.5 Å². The SMILES string of the molecule is COCC(C)NC(=O)c1nc(N)n[nH]1. The lowest BCUT2D eigenvalue weighted by molar-refractivity contribution is 0.0895. The summed E-state index contributed by atoms with van der Waals surface area (Å²) in [5.74, 6) is -0.196. The van der Waals surface area contributed by atoms with Crippen molar-refractivity contribution in [3.05, 3.63) is 5.82 Å². The summed E-state index contributed by atoms with van der Waals surface area (Å²) < 4.78 is 4.86. The molecular weight excluding hydrogens is 186 g/mol. The average molecular weight is 199 g/mol. The highest BCUT2D eigenvalue weighted by atomic mass is 16.5. The van der Waals surface area contributed by atoms with Gasteiger partial charge in [-0.05, 0) is 6.92 Å². The van der Waals surface area contributed by atoms with Crippen LogP contribution >= 0.6 is 0 Å². The number of rotatable bonds is 4. The number of nitrogens with two attached hydrogens (primary N) is 1. The second-order valence-corrected chi connectivity index (χ2v) is 2.87. The van der Waals surface area contributed by atoms with Crippen LogP contribution in [0, 0.1) is 0 Å². The number of H-pyrrole nitrogens is 1. The fourth-order valence-electron chi connectivity index (χ4n) is 0.960. The Balaban J connectivity index is 2.50. The molecule has 0 aromatic carbocycles. The first-order valence-corrected chi connectivity index (χ1v) is 4.11. The Bertz CT molecular complexity index is 311. The van der Waals surface area contributed by atoms with Gasteiger partial charge in [-0.2, -0.15) is 4.98 Å². The van der Waals surface area contributed by atoms with Crippen LogP contribution in [0.2, 0.25) is 0 Å². The molecule has 1 rings (SSSR count). The Morgan fingerprint density at radius 3 is 3.00 bits per heavy atom. The predicted octanol–water partition coefficient (Wildman–Crippen LogP) is -0.848. The molecule has 1 atom stereocenters. The molecule has 78 valence electrons. The van der Waals surface area contributed by atoms with E-state index in [0.29, 0.717) is 6.61 Å². The van der Waals surface area contributed by atoms with Gasteiger partial charge in [-0.3, -0.25) is 9.89 Å². The maximum Gasteiger partial charge on any atom is 0.288 e. The summed E-state index contributed by atoms with van der Waals surface area (Å²) in [6, 6.07) is -0.0844. The fourth-order valence-corrected chi connectivity index (χ4v) is 0.960. The molecule has 0 saturated heterocycles. The van der Waals surface area contributed by atoms with E-state index >= 15 is 0 Å². The molecule has 0 saturated carbocycles. The van der Waals surface area contributed by atoms with Crippen molar-refractivity contribution in [1.29, 1.82) is 0 Å². The van der Waals surface area contributed by atoms with Crippen LogP contribution < -0.4 is 11.1 Å². The van der Waals surface area contributed by atoms with Crippen LogP contribution in [0.15, 0.2) is 0 Å². The lowest BCUT2D eigenvalue weighted by atomic mass is 10.3. The minimum Gasteiger partial charge on any atom is -0.383 e.